The topological polar surface area (TPSA) is 20.3 Å². The number of halogens is 1. The van der Waals surface area contributed by atoms with Gasteiger partial charge in [0.15, 0.2) is 0 Å². The van der Waals surface area contributed by atoms with Gasteiger partial charge in [0, 0.05) is 24.2 Å². The molecular weight excluding hydrogens is 234 g/mol. The Labute approximate surface area is 107 Å². The van der Waals surface area contributed by atoms with Gasteiger partial charge in [-0.3, -0.25) is 4.79 Å². The van der Waals surface area contributed by atoms with Gasteiger partial charge in [0.05, 0.1) is 0 Å². The Morgan fingerprint density at radius 2 is 1.76 bits per heavy atom. The summed E-state index contributed by atoms with van der Waals surface area (Å²) in [4.78, 5) is 13.8. The zero-order valence-corrected chi connectivity index (χ0v) is 10.5. The molecule has 0 N–H and O–H groups in total. The molecule has 1 aromatic carbocycles. The van der Waals surface area contributed by atoms with E-state index in [2.05, 4.69) is 0 Å². The van der Waals surface area contributed by atoms with E-state index in [1.54, 1.807) is 6.08 Å². The Morgan fingerprint density at radius 3 is 2.41 bits per heavy atom. The zero-order chi connectivity index (χ0) is 12.1. The van der Waals surface area contributed by atoms with Crippen LogP contribution in [-0.4, -0.2) is 23.9 Å². The Morgan fingerprint density at radius 1 is 1.12 bits per heavy atom. The summed E-state index contributed by atoms with van der Waals surface area (Å²) in [5.41, 5.74) is 1.000. The Kier molecular flexibility index (Phi) is 4.21. The van der Waals surface area contributed by atoms with Gasteiger partial charge in [-0.2, -0.15) is 0 Å². The van der Waals surface area contributed by atoms with E-state index in [0.29, 0.717) is 5.02 Å². The van der Waals surface area contributed by atoms with Crippen molar-refractivity contribution < 1.29 is 4.79 Å². The molecule has 1 saturated heterocycles. The summed E-state index contributed by atoms with van der Waals surface area (Å²) in [6, 6.07) is 7.46. The maximum atomic E-state index is 11.9. The molecule has 0 saturated carbocycles. The fourth-order valence-corrected chi connectivity index (χ4v) is 2.09. The number of likely N-dealkylation sites (tertiary alicyclic amines) is 1. The molecule has 1 fully saturated rings. The van der Waals surface area contributed by atoms with Gasteiger partial charge in [-0.1, -0.05) is 23.7 Å². The van der Waals surface area contributed by atoms with E-state index < -0.39 is 0 Å². The van der Waals surface area contributed by atoms with Crippen LogP contribution in [0.1, 0.15) is 24.8 Å². The van der Waals surface area contributed by atoms with Crippen LogP contribution >= 0.6 is 11.6 Å². The number of benzene rings is 1. The normalized spacial score (nSPS) is 16.4. The average Bonchev–Trinajstić information content (AvgIpc) is 2.39. The minimum atomic E-state index is 0.111. The molecule has 2 rings (SSSR count). The van der Waals surface area contributed by atoms with Crippen molar-refractivity contribution in [3.63, 3.8) is 0 Å². The van der Waals surface area contributed by atoms with Crippen LogP contribution in [0.2, 0.25) is 5.02 Å². The third kappa shape index (κ3) is 3.60. The molecule has 2 nitrogen and oxygen atoms in total. The minimum absolute atomic E-state index is 0.111. The minimum Gasteiger partial charge on any atom is -0.339 e. The Hall–Kier alpha value is -1.28. The number of amides is 1. The van der Waals surface area contributed by atoms with Crippen molar-refractivity contribution in [1.82, 2.24) is 4.90 Å². The first-order valence-electron chi connectivity index (χ1n) is 5.98. The molecular formula is C14H16ClNO. The van der Waals surface area contributed by atoms with Crippen LogP contribution in [0, 0.1) is 0 Å². The van der Waals surface area contributed by atoms with Crippen LogP contribution in [-0.2, 0) is 4.79 Å². The van der Waals surface area contributed by atoms with E-state index in [-0.39, 0.29) is 5.91 Å². The molecule has 1 heterocycles. The summed E-state index contributed by atoms with van der Waals surface area (Å²) in [6.45, 7) is 1.79. The van der Waals surface area contributed by atoms with Gasteiger partial charge < -0.3 is 4.90 Å². The van der Waals surface area contributed by atoms with Crippen LogP contribution in [0.3, 0.4) is 0 Å². The lowest BCUT2D eigenvalue weighted by Crippen LogP contribution is -2.34. The molecule has 0 spiro atoms. The summed E-state index contributed by atoms with van der Waals surface area (Å²) in [5.74, 6) is 0.111. The molecule has 0 bridgehead atoms. The van der Waals surface area contributed by atoms with Crippen molar-refractivity contribution >= 4 is 23.6 Å². The number of nitrogens with zero attached hydrogens (tertiary/aromatic N) is 1. The number of rotatable bonds is 2. The maximum Gasteiger partial charge on any atom is 0.246 e. The van der Waals surface area contributed by atoms with Crippen molar-refractivity contribution in [2.24, 2.45) is 0 Å². The second kappa shape index (κ2) is 5.87. The third-order valence-corrected chi connectivity index (χ3v) is 3.21. The molecule has 0 radical (unpaired) electrons. The SMILES string of the molecule is O=C(/C=C/c1ccc(Cl)cc1)N1CCCCC1. The maximum absolute atomic E-state index is 11.9. The van der Waals surface area contributed by atoms with E-state index >= 15 is 0 Å². The summed E-state index contributed by atoms with van der Waals surface area (Å²) in [5, 5.41) is 0.713. The molecule has 1 aromatic rings. The zero-order valence-electron chi connectivity index (χ0n) is 9.73. The predicted octanol–water partition coefficient (Wildman–Crippen LogP) is 3.37. The third-order valence-electron chi connectivity index (χ3n) is 2.96. The van der Waals surface area contributed by atoms with Gasteiger partial charge in [0.25, 0.3) is 0 Å². The van der Waals surface area contributed by atoms with Gasteiger partial charge in [-0.15, -0.1) is 0 Å². The smallest absolute Gasteiger partial charge is 0.246 e. The van der Waals surface area contributed by atoms with Crippen LogP contribution in [0.5, 0.6) is 0 Å². The number of hydrogen-bond donors (Lipinski definition) is 0. The largest absolute Gasteiger partial charge is 0.339 e. The number of carbonyl (C=O) groups is 1. The first kappa shape index (κ1) is 12.2. The van der Waals surface area contributed by atoms with Gasteiger partial charge in [0.2, 0.25) is 5.91 Å². The summed E-state index contributed by atoms with van der Waals surface area (Å²) in [6.07, 6.45) is 6.98. The van der Waals surface area contributed by atoms with Crippen molar-refractivity contribution in [1.29, 1.82) is 0 Å². The summed E-state index contributed by atoms with van der Waals surface area (Å²) < 4.78 is 0. The lowest BCUT2D eigenvalue weighted by molar-refractivity contribution is -0.126. The summed E-state index contributed by atoms with van der Waals surface area (Å²) >= 11 is 5.80. The predicted molar refractivity (Wildman–Crippen MR) is 70.9 cm³/mol. The molecule has 0 aromatic heterocycles. The van der Waals surface area contributed by atoms with E-state index in [4.69, 9.17) is 11.6 Å². The van der Waals surface area contributed by atoms with Crippen molar-refractivity contribution in [3.05, 3.63) is 40.9 Å². The lowest BCUT2D eigenvalue weighted by Gasteiger charge is -2.25. The number of hydrogen-bond acceptors (Lipinski definition) is 1. The molecule has 0 unspecified atom stereocenters. The first-order chi connectivity index (χ1) is 8.25. The molecule has 1 aliphatic heterocycles. The standard InChI is InChI=1S/C14H16ClNO/c15-13-7-4-12(5-8-13)6-9-14(17)16-10-2-1-3-11-16/h4-9H,1-3,10-11H2/b9-6+. The summed E-state index contributed by atoms with van der Waals surface area (Å²) in [7, 11) is 0. The fraction of sp³-hybridized carbons (Fsp3) is 0.357. The highest BCUT2D eigenvalue weighted by Gasteiger charge is 2.13. The van der Waals surface area contributed by atoms with E-state index in [1.165, 1.54) is 6.42 Å². The lowest BCUT2D eigenvalue weighted by atomic mass is 10.1. The monoisotopic (exact) mass is 249 g/mol. The first-order valence-corrected chi connectivity index (χ1v) is 6.36. The molecule has 1 amide bonds. The van der Waals surface area contributed by atoms with Gasteiger partial charge >= 0.3 is 0 Å². The van der Waals surface area contributed by atoms with Gasteiger partial charge in [-0.25, -0.2) is 0 Å². The highest BCUT2D eigenvalue weighted by molar-refractivity contribution is 6.30. The highest BCUT2D eigenvalue weighted by Crippen LogP contribution is 2.12. The number of piperidine rings is 1. The van der Waals surface area contributed by atoms with Crippen LogP contribution in [0.25, 0.3) is 6.08 Å². The fourth-order valence-electron chi connectivity index (χ4n) is 1.96. The van der Waals surface area contributed by atoms with E-state index in [9.17, 15) is 4.79 Å². The molecule has 1 aliphatic rings. The van der Waals surface area contributed by atoms with E-state index in [0.717, 1.165) is 31.5 Å². The second-order valence-electron chi connectivity index (χ2n) is 4.27. The van der Waals surface area contributed by atoms with Crippen molar-refractivity contribution in [3.8, 4) is 0 Å². The van der Waals surface area contributed by atoms with Crippen LogP contribution in [0.4, 0.5) is 0 Å². The number of carbonyl (C=O) groups excluding carboxylic acids is 1. The highest BCUT2D eigenvalue weighted by atomic mass is 35.5. The molecule has 90 valence electrons. The molecule has 17 heavy (non-hydrogen) atoms. The quantitative estimate of drug-likeness (QED) is 0.736. The van der Waals surface area contributed by atoms with Crippen molar-refractivity contribution in [2.45, 2.75) is 19.3 Å². The Bertz CT molecular complexity index is 405. The van der Waals surface area contributed by atoms with Crippen LogP contribution < -0.4 is 0 Å². The average molecular weight is 250 g/mol. The van der Waals surface area contributed by atoms with E-state index in [1.807, 2.05) is 35.2 Å². The van der Waals surface area contributed by atoms with Gasteiger partial charge in [0.1, 0.15) is 0 Å². The molecule has 0 aliphatic carbocycles. The van der Waals surface area contributed by atoms with Crippen molar-refractivity contribution in [2.75, 3.05) is 13.1 Å². The molecule has 3 heteroatoms. The molecule has 0 atom stereocenters. The van der Waals surface area contributed by atoms with Crippen LogP contribution in [0.15, 0.2) is 30.3 Å². The Balaban J connectivity index is 1.95. The second-order valence-corrected chi connectivity index (χ2v) is 4.71. The van der Waals surface area contributed by atoms with Gasteiger partial charge in [-0.05, 0) is 43.0 Å².